The highest BCUT2D eigenvalue weighted by Crippen LogP contribution is 2.29. The highest BCUT2D eigenvalue weighted by molar-refractivity contribution is 5.31. The Labute approximate surface area is 79.4 Å². The zero-order valence-electron chi connectivity index (χ0n) is 8.03. The number of aliphatic hydroxyl groups is 1. The zero-order valence-corrected chi connectivity index (χ0v) is 8.03. The molecule has 13 heavy (non-hydrogen) atoms. The predicted molar refractivity (Wildman–Crippen MR) is 53.6 cm³/mol. The first-order chi connectivity index (χ1) is 6.25. The lowest BCUT2D eigenvalue weighted by Gasteiger charge is -2.10. The highest BCUT2D eigenvalue weighted by Gasteiger charge is 2.21. The maximum absolute atomic E-state index is 9.29. The van der Waals surface area contributed by atoms with Crippen molar-refractivity contribution in [2.75, 3.05) is 0 Å². The van der Waals surface area contributed by atoms with Gasteiger partial charge in [-0.1, -0.05) is 24.3 Å². The summed E-state index contributed by atoms with van der Waals surface area (Å²) in [5.74, 6) is 0.664. The van der Waals surface area contributed by atoms with Crippen molar-refractivity contribution < 1.29 is 5.11 Å². The molecule has 0 radical (unpaired) electrons. The molecule has 1 aliphatic rings. The largest absolute Gasteiger partial charge is 0.393 e. The topological polar surface area (TPSA) is 20.2 Å². The van der Waals surface area contributed by atoms with Gasteiger partial charge in [-0.3, -0.25) is 0 Å². The molecule has 1 heteroatoms. The molecule has 0 aliphatic heterocycles. The van der Waals surface area contributed by atoms with E-state index in [4.69, 9.17) is 0 Å². The summed E-state index contributed by atoms with van der Waals surface area (Å²) in [5, 5.41) is 9.29. The summed E-state index contributed by atoms with van der Waals surface area (Å²) in [7, 11) is 0. The van der Waals surface area contributed by atoms with Crippen molar-refractivity contribution in [1.82, 2.24) is 0 Å². The Morgan fingerprint density at radius 3 is 2.31 bits per heavy atom. The highest BCUT2D eigenvalue weighted by atomic mass is 16.3. The van der Waals surface area contributed by atoms with Crippen LogP contribution < -0.4 is 0 Å². The minimum absolute atomic E-state index is 0.153. The lowest BCUT2D eigenvalue weighted by molar-refractivity contribution is 0.162. The summed E-state index contributed by atoms with van der Waals surface area (Å²) in [5.41, 5.74) is 2.96. The monoisotopic (exact) mass is 176 g/mol. The number of fused-ring (bicyclic) bond motifs is 1. The Balaban J connectivity index is 2.05. The van der Waals surface area contributed by atoms with Gasteiger partial charge in [-0.15, -0.1) is 0 Å². The van der Waals surface area contributed by atoms with E-state index in [1.54, 1.807) is 0 Å². The fourth-order valence-electron chi connectivity index (χ4n) is 2.30. The molecule has 2 rings (SSSR count). The number of hydrogen-bond acceptors (Lipinski definition) is 1. The Morgan fingerprint density at radius 2 is 1.85 bits per heavy atom. The molecule has 1 aliphatic carbocycles. The molecule has 1 nitrogen and oxygen atoms in total. The molecule has 1 aromatic carbocycles. The Morgan fingerprint density at radius 1 is 1.31 bits per heavy atom. The van der Waals surface area contributed by atoms with Crippen LogP contribution >= 0.6 is 0 Å². The van der Waals surface area contributed by atoms with Gasteiger partial charge in [0.05, 0.1) is 6.10 Å². The second-order valence-corrected chi connectivity index (χ2v) is 4.13. The lowest BCUT2D eigenvalue weighted by Crippen LogP contribution is -2.09. The fourth-order valence-corrected chi connectivity index (χ4v) is 2.30. The fraction of sp³-hybridized carbons (Fsp3) is 0.500. The van der Waals surface area contributed by atoms with Crippen molar-refractivity contribution in [1.29, 1.82) is 0 Å². The van der Waals surface area contributed by atoms with E-state index in [-0.39, 0.29) is 6.10 Å². The molecule has 1 aromatic rings. The van der Waals surface area contributed by atoms with E-state index in [1.165, 1.54) is 11.1 Å². The van der Waals surface area contributed by atoms with Crippen LogP contribution in [0, 0.1) is 5.92 Å². The van der Waals surface area contributed by atoms with E-state index in [2.05, 4.69) is 24.3 Å². The molecular weight excluding hydrogens is 160 g/mol. The molecule has 1 N–H and O–H groups in total. The molecule has 0 spiro atoms. The number of aliphatic hydroxyl groups excluding tert-OH is 1. The maximum atomic E-state index is 9.29. The van der Waals surface area contributed by atoms with Crippen LogP contribution in [0.1, 0.15) is 24.5 Å². The summed E-state index contributed by atoms with van der Waals surface area (Å²) in [4.78, 5) is 0. The average Bonchev–Trinajstić information content (AvgIpc) is 2.44. The minimum atomic E-state index is -0.153. The zero-order chi connectivity index (χ0) is 9.26. The molecule has 1 atom stereocenters. The first-order valence-corrected chi connectivity index (χ1v) is 5.00. The van der Waals surface area contributed by atoms with Crippen LogP contribution in [0.25, 0.3) is 0 Å². The summed E-state index contributed by atoms with van der Waals surface area (Å²) in [6.07, 6.45) is 3.09. The number of hydrogen-bond donors (Lipinski definition) is 1. The first kappa shape index (κ1) is 8.76. The predicted octanol–water partition coefficient (Wildman–Crippen LogP) is 2.17. The second kappa shape index (κ2) is 3.51. The third kappa shape index (κ3) is 1.92. The Bertz CT molecular complexity index is 266. The van der Waals surface area contributed by atoms with Crippen molar-refractivity contribution in [3.8, 4) is 0 Å². The molecule has 70 valence electrons. The molecule has 0 saturated heterocycles. The van der Waals surface area contributed by atoms with Crippen molar-refractivity contribution >= 4 is 0 Å². The molecular formula is C12H16O. The Kier molecular flexibility index (Phi) is 2.36. The van der Waals surface area contributed by atoms with Crippen LogP contribution in [0.15, 0.2) is 24.3 Å². The second-order valence-electron chi connectivity index (χ2n) is 4.13. The molecule has 0 unspecified atom stereocenters. The third-order valence-corrected chi connectivity index (χ3v) is 2.81. The van der Waals surface area contributed by atoms with Gasteiger partial charge in [0, 0.05) is 0 Å². The summed E-state index contributed by atoms with van der Waals surface area (Å²) < 4.78 is 0. The summed E-state index contributed by atoms with van der Waals surface area (Å²) >= 11 is 0. The van der Waals surface area contributed by atoms with Crippen LogP contribution in [0.5, 0.6) is 0 Å². The van der Waals surface area contributed by atoms with Gasteiger partial charge in [0.1, 0.15) is 0 Å². The van der Waals surface area contributed by atoms with Crippen molar-refractivity contribution in [2.45, 2.75) is 32.3 Å². The molecule has 0 amide bonds. The van der Waals surface area contributed by atoms with Gasteiger partial charge in [-0.05, 0) is 43.2 Å². The van der Waals surface area contributed by atoms with Gasteiger partial charge in [0.2, 0.25) is 0 Å². The molecule has 0 saturated carbocycles. The summed E-state index contributed by atoms with van der Waals surface area (Å²) in [6, 6.07) is 8.61. The van der Waals surface area contributed by atoms with Gasteiger partial charge < -0.3 is 5.11 Å². The van der Waals surface area contributed by atoms with Crippen molar-refractivity contribution in [2.24, 2.45) is 5.92 Å². The van der Waals surface area contributed by atoms with Crippen molar-refractivity contribution in [3.63, 3.8) is 0 Å². The van der Waals surface area contributed by atoms with Gasteiger partial charge in [0.15, 0.2) is 0 Å². The average molecular weight is 176 g/mol. The van der Waals surface area contributed by atoms with Crippen LogP contribution in [-0.2, 0) is 12.8 Å². The van der Waals surface area contributed by atoms with Crippen molar-refractivity contribution in [3.05, 3.63) is 35.4 Å². The summed E-state index contributed by atoms with van der Waals surface area (Å²) in [6.45, 7) is 1.88. The third-order valence-electron chi connectivity index (χ3n) is 2.81. The van der Waals surface area contributed by atoms with E-state index in [0.717, 1.165) is 19.3 Å². The number of rotatable bonds is 2. The molecule has 0 fully saturated rings. The normalized spacial score (nSPS) is 18.6. The van der Waals surface area contributed by atoms with Gasteiger partial charge in [-0.2, -0.15) is 0 Å². The Hall–Kier alpha value is -0.820. The lowest BCUT2D eigenvalue weighted by atomic mass is 9.99. The molecule has 0 bridgehead atoms. The van der Waals surface area contributed by atoms with Gasteiger partial charge in [0.25, 0.3) is 0 Å². The SMILES string of the molecule is C[C@@H](O)CC1Cc2ccccc2C1. The molecule has 0 heterocycles. The smallest absolute Gasteiger partial charge is 0.0515 e. The quantitative estimate of drug-likeness (QED) is 0.732. The standard InChI is InChI=1S/C12H16O/c1-9(13)6-10-7-11-4-2-3-5-12(11)8-10/h2-5,9-10,13H,6-8H2,1H3/t9-/m1/s1. The van der Waals surface area contributed by atoms with Gasteiger partial charge >= 0.3 is 0 Å². The minimum Gasteiger partial charge on any atom is -0.393 e. The maximum Gasteiger partial charge on any atom is 0.0515 e. The van der Waals surface area contributed by atoms with E-state index >= 15 is 0 Å². The van der Waals surface area contributed by atoms with Gasteiger partial charge in [-0.25, -0.2) is 0 Å². The van der Waals surface area contributed by atoms with E-state index in [0.29, 0.717) is 5.92 Å². The molecule has 0 aromatic heterocycles. The van der Waals surface area contributed by atoms with Crippen LogP contribution in [0.4, 0.5) is 0 Å². The van der Waals surface area contributed by atoms with E-state index < -0.39 is 0 Å². The van der Waals surface area contributed by atoms with Crippen LogP contribution in [0.2, 0.25) is 0 Å². The van der Waals surface area contributed by atoms with E-state index in [1.807, 2.05) is 6.92 Å². The van der Waals surface area contributed by atoms with Crippen LogP contribution in [-0.4, -0.2) is 11.2 Å². The number of benzene rings is 1. The van der Waals surface area contributed by atoms with Crippen LogP contribution in [0.3, 0.4) is 0 Å². The first-order valence-electron chi connectivity index (χ1n) is 5.00. The van der Waals surface area contributed by atoms with E-state index in [9.17, 15) is 5.11 Å².